The molecule has 7 heteroatoms. The number of rotatable bonds is 1. The molecule has 0 amide bonds. The molecule has 0 radical (unpaired) electrons. The number of amidine groups is 1. The predicted octanol–water partition coefficient (Wildman–Crippen LogP) is -0.0572. The highest BCUT2D eigenvalue weighted by molar-refractivity contribution is 5.95. The van der Waals surface area contributed by atoms with Gasteiger partial charge in [-0.25, -0.2) is 0 Å². The van der Waals surface area contributed by atoms with Gasteiger partial charge in [0.05, 0.1) is 11.7 Å². The van der Waals surface area contributed by atoms with Crippen LogP contribution in [-0.2, 0) is 4.74 Å². The predicted molar refractivity (Wildman–Crippen MR) is 86.6 cm³/mol. The molecule has 2 aliphatic rings. The molecule has 2 aliphatic heterocycles. The van der Waals surface area contributed by atoms with Crippen molar-refractivity contribution in [3.63, 3.8) is 0 Å². The van der Waals surface area contributed by atoms with E-state index in [9.17, 15) is 20.4 Å². The van der Waals surface area contributed by atoms with Crippen LogP contribution in [0.15, 0.2) is 47.5 Å². The summed E-state index contributed by atoms with van der Waals surface area (Å²) < 4.78 is 5.52. The number of piperidine rings is 1. The first-order valence-electron chi connectivity index (χ1n) is 7.78. The third kappa shape index (κ3) is 2.25. The van der Waals surface area contributed by atoms with E-state index in [-0.39, 0.29) is 12.6 Å². The molecule has 0 aromatic heterocycles. The maximum atomic E-state index is 10.2. The summed E-state index contributed by atoms with van der Waals surface area (Å²) in [6.07, 6.45) is -5.56. The number of fused-ring (bicyclic) bond motifs is 2. The lowest BCUT2D eigenvalue weighted by molar-refractivity contribution is -0.190. The second-order valence-electron chi connectivity index (χ2n) is 6.06. The minimum absolute atomic E-state index is 0.0750. The fourth-order valence-electron chi connectivity index (χ4n) is 3.30. The number of hydrogen-bond donors (Lipinski definition) is 4. The highest BCUT2D eigenvalue weighted by atomic mass is 16.5. The molecule has 0 spiro atoms. The minimum atomic E-state index is -1.50. The summed E-state index contributed by atoms with van der Waals surface area (Å²) >= 11 is 0. The summed E-state index contributed by atoms with van der Waals surface area (Å²) in [6, 6.07) is 12.9. The molecule has 4 N–H and O–H groups in total. The van der Waals surface area contributed by atoms with Crippen LogP contribution in [0.5, 0.6) is 0 Å². The standard InChI is InChI=1S/C17H18N2O5/c20-13-12-8-24-17(19(12)16(23)15(22)14(13)21)18-11-7-3-5-9-4-1-2-6-10(9)11/h1-7,12-16,20-23H,8H2/t12-,13+,14+,15-,16-/m1/s1. The zero-order chi connectivity index (χ0) is 16.8. The van der Waals surface area contributed by atoms with Crippen molar-refractivity contribution in [2.24, 2.45) is 4.99 Å². The van der Waals surface area contributed by atoms with Crippen LogP contribution >= 0.6 is 0 Å². The van der Waals surface area contributed by atoms with E-state index in [2.05, 4.69) is 4.99 Å². The van der Waals surface area contributed by atoms with Crippen LogP contribution in [0.2, 0.25) is 0 Å². The highest BCUT2D eigenvalue weighted by Gasteiger charge is 2.52. The Kier molecular flexibility index (Phi) is 3.65. The van der Waals surface area contributed by atoms with Crippen LogP contribution in [0.25, 0.3) is 10.8 Å². The Morgan fingerprint density at radius 3 is 2.50 bits per heavy atom. The van der Waals surface area contributed by atoms with Gasteiger partial charge in [0.1, 0.15) is 24.9 Å². The Morgan fingerprint density at radius 1 is 0.917 bits per heavy atom. The molecule has 5 atom stereocenters. The summed E-state index contributed by atoms with van der Waals surface area (Å²) in [5.41, 5.74) is 0.658. The fraction of sp³-hybridized carbons (Fsp3) is 0.353. The molecule has 0 unspecified atom stereocenters. The van der Waals surface area contributed by atoms with Crippen molar-refractivity contribution in [2.45, 2.75) is 30.6 Å². The maximum absolute atomic E-state index is 10.2. The van der Waals surface area contributed by atoms with Crippen molar-refractivity contribution >= 4 is 22.5 Å². The number of ether oxygens (including phenoxy) is 1. The van der Waals surface area contributed by atoms with Crippen molar-refractivity contribution < 1.29 is 25.2 Å². The zero-order valence-electron chi connectivity index (χ0n) is 12.7. The van der Waals surface area contributed by atoms with Crippen LogP contribution in [0.3, 0.4) is 0 Å². The van der Waals surface area contributed by atoms with E-state index in [1.165, 1.54) is 4.90 Å². The molecule has 0 aliphatic carbocycles. The summed E-state index contributed by atoms with van der Waals surface area (Å²) in [4.78, 5) is 5.79. The molecule has 24 heavy (non-hydrogen) atoms. The first-order valence-corrected chi connectivity index (χ1v) is 7.78. The van der Waals surface area contributed by atoms with Crippen molar-refractivity contribution in [1.29, 1.82) is 0 Å². The fourth-order valence-corrected chi connectivity index (χ4v) is 3.30. The molecule has 2 heterocycles. The van der Waals surface area contributed by atoms with Crippen molar-refractivity contribution in [3.8, 4) is 0 Å². The molecular weight excluding hydrogens is 312 g/mol. The van der Waals surface area contributed by atoms with E-state index in [0.717, 1.165) is 10.8 Å². The monoisotopic (exact) mass is 330 g/mol. The van der Waals surface area contributed by atoms with Gasteiger partial charge >= 0.3 is 0 Å². The van der Waals surface area contributed by atoms with Gasteiger partial charge < -0.3 is 25.2 Å². The number of benzene rings is 2. The summed E-state index contributed by atoms with van der Waals surface area (Å²) in [6.45, 7) is 0.0750. The lowest BCUT2D eigenvalue weighted by atomic mass is 9.94. The smallest absolute Gasteiger partial charge is 0.295 e. The molecule has 2 fully saturated rings. The Labute approximate surface area is 138 Å². The number of nitrogens with zero attached hydrogens (tertiary/aromatic N) is 2. The molecule has 0 bridgehead atoms. The van der Waals surface area contributed by atoms with Crippen LogP contribution < -0.4 is 0 Å². The number of aliphatic imine (C=N–C) groups is 1. The Hall–Kier alpha value is -2.19. The number of aliphatic hydroxyl groups excluding tert-OH is 4. The van der Waals surface area contributed by atoms with Crippen molar-refractivity contribution in [2.75, 3.05) is 6.61 Å². The van der Waals surface area contributed by atoms with Gasteiger partial charge in [0, 0.05) is 5.39 Å². The zero-order valence-corrected chi connectivity index (χ0v) is 12.7. The van der Waals surface area contributed by atoms with Gasteiger partial charge in [-0.2, -0.15) is 4.99 Å². The van der Waals surface area contributed by atoms with E-state index in [4.69, 9.17) is 4.74 Å². The van der Waals surface area contributed by atoms with E-state index >= 15 is 0 Å². The second-order valence-corrected chi connectivity index (χ2v) is 6.06. The third-order valence-corrected chi connectivity index (χ3v) is 4.63. The summed E-state index contributed by atoms with van der Waals surface area (Å²) in [7, 11) is 0. The van der Waals surface area contributed by atoms with Crippen LogP contribution in [0, 0.1) is 0 Å². The van der Waals surface area contributed by atoms with Gasteiger partial charge in [-0.3, -0.25) is 4.90 Å². The van der Waals surface area contributed by atoms with Crippen molar-refractivity contribution in [1.82, 2.24) is 4.90 Å². The van der Waals surface area contributed by atoms with Gasteiger partial charge in [0.15, 0.2) is 6.23 Å². The summed E-state index contributed by atoms with van der Waals surface area (Å²) in [5, 5.41) is 42.0. The SMILES string of the molecule is O[C@@H]1[C@@H](O)[C@@H](O)N2C(=Nc3cccc4ccccc34)OC[C@@H]2[C@@H]1O. The minimum Gasteiger partial charge on any atom is -0.463 e. The highest BCUT2D eigenvalue weighted by Crippen LogP contribution is 2.32. The average Bonchev–Trinajstić information content (AvgIpc) is 3.02. The second kappa shape index (κ2) is 5.71. The third-order valence-electron chi connectivity index (χ3n) is 4.63. The average molecular weight is 330 g/mol. The van der Waals surface area contributed by atoms with Gasteiger partial charge in [-0.05, 0) is 11.5 Å². The van der Waals surface area contributed by atoms with E-state index < -0.39 is 30.6 Å². The quantitative estimate of drug-likeness (QED) is 0.584. The Bertz CT molecular complexity index is 790. The van der Waals surface area contributed by atoms with Crippen LogP contribution in [0.4, 0.5) is 5.69 Å². The molecule has 7 nitrogen and oxygen atoms in total. The van der Waals surface area contributed by atoms with Gasteiger partial charge in [0.2, 0.25) is 0 Å². The van der Waals surface area contributed by atoms with Crippen LogP contribution in [0.1, 0.15) is 0 Å². The normalized spacial score (nSPS) is 34.4. The lowest BCUT2D eigenvalue weighted by Crippen LogP contribution is -2.65. The van der Waals surface area contributed by atoms with E-state index in [0.29, 0.717) is 5.69 Å². The summed E-state index contributed by atoms with van der Waals surface area (Å²) in [5.74, 6) is 0. The molecule has 2 saturated heterocycles. The molecule has 2 aromatic carbocycles. The topological polar surface area (TPSA) is 106 Å². The molecular formula is C17H18N2O5. The van der Waals surface area contributed by atoms with Gasteiger partial charge in [-0.1, -0.05) is 36.4 Å². The molecule has 126 valence electrons. The number of hydrogen-bond acceptors (Lipinski definition) is 6. The van der Waals surface area contributed by atoms with Gasteiger partial charge in [-0.15, -0.1) is 0 Å². The number of aliphatic hydroxyl groups is 4. The first-order chi connectivity index (χ1) is 11.6. The van der Waals surface area contributed by atoms with E-state index in [1.54, 1.807) is 0 Å². The molecule has 2 aromatic rings. The molecule has 4 rings (SSSR count). The van der Waals surface area contributed by atoms with Gasteiger partial charge in [0.25, 0.3) is 6.02 Å². The molecule has 0 saturated carbocycles. The van der Waals surface area contributed by atoms with E-state index in [1.807, 2.05) is 42.5 Å². The van der Waals surface area contributed by atoms with Crippen LogP contribution in [-0.4, -0.2) is 68.5 Å². The lowest BCUT2D eigenvalue weighted by Gasteiger charge is -2.42. The first kappa shape index (κ1) is 15.3. The Morgan fingerprint density at radius 2 is 1.67 bits per heavy atom. The largest absolute Gasteiger partial charge is 0.463 e. The Balaban J connectivity index is 1.75. The van der Waals surface area contributed by atoms with Crippen molar-refractivity contribution in [3.05, 3.63) is 42.5 Å². The maximum Gasteiger partial charge on any atom is 0.295 e.